The number of amides is 2. The number of carbonyl (C=O) groups excluding carboxylic acids is 2. The molecule has 0 unspecified atom stereocenters. The third-order valence-electron chi connectivity index (χ3n) is 5.19. The zero-order valence-electron chi connectivity index (χ0n) is 20.0. The van der Waals surface area contributed by atoms with Crippen LogP contribution in [0, 0.1) is 12.8 Å². The number of thioether (sulfide) groups is 1. The summed E-state index contributed by atoms with van der Waals surface area (Å²) in [5.74, 6) is 0.167. The van der Waals surface area contributed by atoms with Crippen LogP contribution in [-0.2, 0) is 11.3 Å². The summed E-state index contributed by atoms with van der Waals surface area (Å²) in [6.07, 6.45) is 1.71. The standard InChI is InChI=1S/C25H26Cl3N5O2S/c1-5-9-33-23(22(14(2)3)30-24(35)16-8-6-7-15(4)10-16)31-32-25(33)36-13-21(34)29-20-12-18(27)17(26)11-19(20)28/h5-8,10-12,14,22H,1,9,13H2,2-4H3,(H,29,34)(H,30,35)/t22-/m1/s1. The van der Waals surface area contributed by atoms with Crippen molar-refractivity contribution in [1.29, 1.82) is 0 Å². The Morgan fingerprint density at radius 1 is 1.11 bits per heavy atom. The summed E-state index contributed by atoms with van der Waals surface area (Å²) in [5.41, 5.74) is 1.93. The first-order valence-corrected chi connectivity index (χ1v) is 13.2. The van der Waals surface area contributed by atoms with Gasteiger partial charge >= 0.3 is 0 Å². The van der Waals surface area contributed by atoms with Gasteiger partial charge in [-0.05, 0) is 37.1 Å². The second-order valence-corrected chi connectivity index (χ2v) is 10.6. The number of rotatable bonds is 10. The molecule has 0 saturated heterocycles. The van der Waals surface area contributed by atoms with E-state index in [-0.39, 0.29) is 33.5 Å². The number of hydrogen-bond acceptors (Lipinski definition) is 5. The molecule has 0 spiro atoms. The molecule has 0 saturated carbocycles. The van der Waals surface area contributed by atoms with Crippen molar-refractivity contribution in [3.63, 3.8) is 0 Å². The molecule has 7 nitrogen and oxygen atoms in total. The van der Waals surface area contributed by atoms with E-state index in [1.165, 1.54) is 23.9 Å². The van der Waals surface area contributed by atoms with Crippen molar-refractivity contribution in [2.24, 2.45) is 5.92 Å². The highest BCUT2D eigenvalue weighted by Gasteiger charge is 2.26. The monoisotopic (exact) mass is 565 g/mol. The van der Waals surface area contributed by atoms with Crippen molar-refractivity contribution in [3.05, 3.63) is 81.1 Å². The maximum atomic E-state index is 12.9. The van der Waals surface area contributed by atoms with Crippen molar-refractivity contribution in [2.75, 3.05) is 11.1 Å². The third-order valence-corrected chi connectivity index (χ3v) is 7.19. The first-order valence-electron chi connectivity index (χ1n) is 11.1. The van der Waals surface area contributed by atoms with E-state index in [2.05, 4.69) is 27.4 Å². The lowest BCUT2D eigenvalue weighted by Gasteiger charge is -2.22. The molecular weight excluding hydrogens is 541 g/mol. The van der Waals surface area contributed by atoms with E-state index in [0.717, 1.165) is 5.56 Å². The van der Waals surface area contributed by atoms with Crippen molar-refractivity contribution in [3.8, 4) is 0 Å². The minimum absolute atomic E-state index is 0.0319. The summed E-state index contributed by atoms with van der Waals surface area (Å²) in [6.45, 7) is 10.2. The molecule has 1 atom stereocenters. The number of nitrogens with zero attached hydrogens (tertiary/aromatic N) is 3. The number of nitrogens with one attached hydrogen (secondary N) is 2. The van der Waals surface area contributed by atoms with Gasteiger partial charge in [0.15, 0.2) is 11.0 Å². The van der Waals surface area contributed by atoms with Crippen molar-refractivity contribution < 1.29 is 9.59 Å². The van der Waals surface area contributed by atoms with Gasteiger partial charge in [0.2, 0.25) is 5.91 Å². The van der Waals surface area contributed by atoms with E-state index in [1.807, 2.05) is 43.5 Å². The Morgan fingerprint density at radius 3 is 2.50 bits per heavy atom. The lowest BCUT2D eigenvalue weighted by atomic mass is 10.0. The number of allylic oxidation sites excluding steroid dienone is 1. The molecule has 36 heavy (non-hydrogen) atoms. The Morgan fingerprint density at radius 2 is 1.83 bits per heavy atom. The van der Waals surface area contributed by atoms with Gasteiger partial charge < -0.3 is 15.2 Å². The SMILES string of the molecule is C=CCn1c(SCC(=O)Nc2cc(Cl)c(Cl)cc2Cl)nnc1[C@H](NC(=O)c1cccc(C)c1)C(C)C. The van der Waals surface area contributed by atoms with E-state index >= 15 is 0 Å². The van der Waals surface area contributed by atoms with E-state index < -0.39 is 6.04 Å². The average Bonchev–Trinajstić information content (AvgIpc) is 3.21. The van der Waals surface area contributed by atoms with Crippen LogP contribution in [0.5, 0.6) is 0 Å². The van der Waals surface area contributed by atoms with Gasteiger partial charge in [-0.1, -0.05) is 84.2 Å². The summed E-state index contributed by atoms with van der Waals surface area (Å²) >= 11 is 19.3. The van der Waals surface area contributed by atoms with Gasteiger partial charge in [-0.25, -0.2) is 0 Å². The Hall–Kier alpha value is -2.52. The number of aryl methyl sites for hydroxylation is 1. The predicted molar refractivity (Wildman–Crippen MR) is 147 cm³/mol. The van der Waals surface area contributed by atoms with Crippen LogP contribution in [-0.4, -0.2) is 32.3 Å². The molecule has 3 rings (SSSR count). The number of carbonyl (C=O) groups is 2. The molecule has 2 aromatic carbocycles. The van der Waals surface area contributed by atoms with Gasteiger partial charge in [-0.3, -0.25) is 9.59 Å². The Balaban J connectivity index is 1.76. The van der Waals surface area contributed by atoms with Gasteiger partial charge in [-0.2, -0.15) is 0 Å². The van der Waals surface area contributed by atoms with E-state index in [0.29, 0.717) is 33.8 Å². The topological polar surface area (TPSA) is 88.9 Å². The van der Waals surface area contributed by atoms with Crippen LogP contribution < -0.4 is 10.6 Å². The highest BCUT2D eigenvalue weighted by atomic mass is 35.5. The molecule has 2 N–H and O–H groups in total. The molecule has 0 fully saturated rings. The van der Waals surface area contributed by atoms with Crippen LogP contribution in [0.4, 0.5) is 5.69 Å². The largest absolute Gasteiger partial charge is 0.342 e. The highest BCUT2D eigenvalue weighted by molar-refractivity contribution is 7.99. The second-order valence-electron chi connectivity index (χ2n) is 8.39. The smallest absolute Gasteiger partial charge is 0.251 e. The average molecular weight is 567 g/mol. The molecule has 0 aliphatic rings. The maximum Gasteiger partial charge on any atom is 0.251 e. The number of benzene rings is 2. The van der Waals surface area contributed by atoms with E-state index in [9.17, 15) is 9.59 Å². The number of aromatic nitrogens is 3. The predicted octanol–water partition coefficient (Wildman–Crippen LogP) is 6.59. The van der Waals surface area contributed by atoms with Gasteiger partial charge in [0.25, 0.3) is 5.91 Å². The lowest BCUT2D eigenvalue weighted by molar-refractivity contribution is -0.113. The summed E-state index contributed by atoms with van der Waals surface area (Å²) < 4.78 is 1.85. The highest BCUT2D eigenvalue weighted by Crippen LogP contribution is 2.32. The van der Waals surface area contributed by atoms with Crippen molar-refractivity contribution in [1.82, 2.24) is 20.1 Å². The Labute approximate surface area is 229 Å². The summed E-state index contributed by atoms with van der Waals surface area (Å²) in [7, 11) is 0. The zero-order valence-corrected chi connectivity index (χ0v) is 23.1. The molecule has 2 amide bonds. The first kappa shape index (κ1) is 28.1. The van der Waals surface area contributed by atoms with Gasteiger partial charge in [-0.15, -0.1) is 16.8 Å². The molecule has 0 bridgehead atoms. The maximum absolute atomic E-state index is 12.9. The fourth-order valence-electron chi connectivity index (χ4n) is 3.41. The lowest BCUT2D eigenvalue weighted by Crippen LogP contribution is -2.34. The van der Waals surface area contributed by atoms with Gasteiger partial charge in [0.1, 0.15) is 0 Å². The molecule has 3 aromatic rings. The van der Waals surface area contributed by atoms with Crippen LogP contribution in [0.1, 0.15) is 41.6 Å². The fraction of sp³-hybridized carbons (Fsp3) is 0.280. The molecule has 11 heteroatoms. The van der Waals surface area contributed by atoms with Crippen LogP contribution >= 0.6 is 46.6 Å². The summed E-state index contributed by atoms with van der Waals surface area (Å²) in [4.78, 5) is 25.5. The van der Waals surface area contributed by atoms with E-state index in [4.69, 9.17) is 34.8 Å². The van der Waals surface area contributed by atoms with E-state index in [1.54, 1.807) is 12.1 Å². The first-order chi connectivity index (χ1) is 17.1. The van der Waals surface area contributed by atoms with Crippen LogP contribution in [0.25, 0.3) is 0 Å². The van der Waals surface area contributed by atoms with Crippen LogP contribution in [0.15, 0.2) is 54.2 Å². The number of halogens is 3. The third kappa shape index (κ3) is 7.03. The molecule has 1 heterocycles. The Bertz CT molecular complexity index is 1280. The number of anilines is 1. The normalized spacial score (nSPS) is 11.9. The molecule has 190 valence electrons. The molecule has 0 aliphatic heterocycles. The van der Waals surface area contributed by atoms with Crippen molar-refractivity contribution in [2.45, 2.75) is 38.5 Å². The number of hydrogen-bond donors (Lipinski definition) is 2. The molecule has 0 radical (unpaired) electrons. The minimum Gasteiger partial charge on any atom is -0.342 e. The van der Waals surface area contributed by atoms with Gasteiger partial charge in [0, 0.05) is 12.1 Å². The Kier molecular flexibility index (Phi) is 9.84. The quantitative estimate of drug-likeness (QED) is 0.164. The molecule has 0 aliphatic carbocycles. The molecular formula is C25H26Cl3N5O2S. The van der Waals surface area contributed by atoms with Crippen LogP contribution in [0.2, 0.25) is 15.1 Å². The van der Waals surface area contributed by atoms with Gasteiger partial charge in [0.05, 0.1) is 32.5 Å². The van der Waals surface area contributed by atoms with Crippen molar-refractivity contribution >= 4 is 64.1 Å². The van der Waals surface area contributed by atoms with Crippen LogP contribution in [0.3, 0.4) is 0 Å². The zero-order chi connectivity index (χ0) is 26.4. The summed E-state index contributed by atoms with van der Waals surface area (Å²) in [6, 6.07) is 9.96. The molecule has 1 aromatic heterocycles. The minimum atomic E-state index is -0.399. The second kappa shape index (κ2) is 12.6. The summed E-state index contributed by atoms with van der Waals surface area (Å²) in [5, 5.41) is 15.8. The fourth-order valence-corrected chi connectivity index (χ4v) is 4.76.